The second-order valence-electron chi connectivity index (χ2n) is 5.15. The lowest BCUT2D eigenvalue weighted by atomic mass is 10.1. The predicted octanol–water partition coefficient (Wildman–Crippen LogP) is 3.61. The standard InChI is InChI=1S/C17H17N3O3S/c1-10-19-16(15(24-10)17(21)20(2)22-3)23-14-9-8-13(18)11-6-4-5-7-12(11)14/h4-9H,18H2,1-3H3. The molecule has 0 aliphatic heterocycles. The molecule has 0 saturated heterocycles. The molecule has 0 saturated carbocycles. The molecule has 0 aliphatic rings. The van der Waals surface area contributed by atoms with Crippen molar-refractivity contribution >= 4 is 33.7 Å². The van der Waals surface area contributed by atoms with Gasteiger partial charge in [-0.3, -0.25) is 9.63 Å². The zero-order valence-electron chi connectivity index (χ0n) is 13.6. The van der Waals surface area contributed by atoms with E-state index in [-0.39, 0.29) is 11.8 Å². The Bertz CT molecular complexity index is 907. The molecule has 3 aromatic rings. The van der Waals surface area contributed by atoms with E-state index < -0.39 is 0 Å². The van der Waals surface area contributed by atoms with Gasteiger partial charge in [-0.1, -0.05) is 24.3 Å². The number of carbonyl (C=O) groups is 1. The summed E-state index contributed by atoms with van der Waals surface area (Å²) in [4.78, 5) is 22.1. The van der Waals surface area contributed by atoms with Gasteiger partial charge in [-0.05, 0) is 19.1 Å². The van der Waals surface area contributed by atoms with Crippen LogP contribution in [0.25, 0.3) is 10.8 Å². The van der Waals surface area contributed by atoms with Crippen LogP contribution in [-0.4, -0.2) is 30.1 Å². The van der Waals surface area contributed by atoms with Crippen LogP contribution in [0.5, 0.6) is 11.6 Å². The highest BCUT2D eigenvalue weighted by molar-refractivity contribution is 7.13. The molecular weight excluding hydrogens is 326 g/mol. The lowest BCUT2D eigenvalue weighted by Crippen LogP contribution is -2.24. The Kier molecular flexibility index (Phi) is 4.37. The van der Waals surface area contributed by atoms with E-state index in [0.717, 1.165) is 20.8 Å². The monoisotopic (exact) mass is 343 g/mol. The maximum atomic E-state index is 12.4. The maximum Gasteiger partial charge on any atom is 0.292 e. The van der Waals surface area contributed by atoms with Crippen molar-refractivity contribution in [2.24, 2.45) is 0 Å². The average Bonchev–Trinajstić information content (AvgIpc) is 2.96. The van der Waals surface area contributed by atoms with Gasteiger partial charge in [0.05, 0.1) is 12.1 Å². The van der Waals surface area contributed by atoms with E-state index in [0.29, 0.717) is 16.3 Å². The van der Waals surface area contributed by atoms with Crippen molar-refractivity contribution in [3.63, 3.8) is 0 Å². The highest BCUT2D eigenvalue weighted by atomic mass is 32.1. The summed E-state index contributed by atoms with van der Waals surface area (Å²) in [7, 11) is 2.97. The third-order valence-corrected chi connectivity index (χ3v) is 4.52. The summed E-state index contributed by atoms with van der Waals surface area (Å²) < 4.78 is 5.96. The van der Waals surface area contributed by atoms with Crippen molar-refractivity contribution in [2.45, 2.75) is 6.92 Å². The van der Waals surface area contributed by atoms with Crippen molar-refractivity contribution in [3.05, 3.63) is 46.3 Å². The number of anilines is 1. The Morgan fingerprint density at radius 2 is 1.92 bits per heavy atom. The molecule has 1 aromatic heterocycles. The number of rotatable bonds is 4. The SMILES string of the molecule is CON(C)C(=O)c1sc(C)nc1Oc1ccc(N)c2ccccc12. The first kappa shape index (κ1) is 16.2. The van der Waals surface area contributed by atoms with E-state index in [1.54, 1.807) is 19.2 Å². The van der Waals surface area contributed by atoms with Crippen LogP contribution in [0.3, 0.4) is 0 Å². The Labute approximate surface area is 143 Å². The van der Waals surface area contributed by atoms with Crippen LogP contribution in [0.1, 0.15) is 14.7 Å². The molecular formula is C17H17N3O3S. The van der Waals surface area contributed by atoms with Gasteiger partial charge in [0.25, 0.3) is 5.91 Å². The third kappa shape index (κ3) is 2.91. The number of hydroxylamine groups is 2. The van der Waals surface area contributed by atoms with Gasteiger partial charge in [0.15, 0.2) is 4.88 Å². The van der Waals surface area contributed by atoms with Crippen molar-refractivity contribution in [1.29, 1.82) is 0 Å². The fourth-order valence-electron chi connectivity index (χ4n) is 2.33. The number of hydrogen-bond donors (Lipinski definition) is 1. The number of amides is 1. The molecule has 24 heavy (non-hydrogen) atoms. The first-order valence-electron chi connectivity index (χ1n) is 7.26. The number of nitrogen functional groups attached to an aromatic ring is 1. The third-order valence-electron chi connectivity index (χ3n) is 3.58. The molecule has 1 amide bonds. The van der Waals surface area contributed by atoms with Crippen LogP contribution >= 0.6 is 11.3 Å². The van der Waals surface area contributed by atoms with Crippen LogP contribution in [0, 0.1) is 6.92 Å². The summed E-state index contributed by atoms with van der Waals surface area (Å²) >= 11 is 1.26. The molecule has 0 atom stereocenters. The van der Waals surface area contributed by atoms with Gasteiger partial charge in [0, 0.05) is 23.5 Å². The van der Waals surface area contributed by atoms with E-state index in [9.17, 15) is 4.79 Å². The van der Waals surface area contributed by atoms with E-state index in [2.05, 4.69) is 4.98 Å². The fraction of sp³-hybridized carbons (Fsp3) is 0.176. The molecule has 7 heteroatoms. The molecule has 0 fully saturated rings. The summed E-state index contributed by atoms with van der Waals surface area (Å²) in [5.41, 5.74) is 6.68. The van der Waals surface area contributed by atoms with Gasteiger partial charge in [-0.15, -0.1) is 11.3 Å². The molecule has 3 rings (SSSR count). The number of carbonyl (C=O) groups excluding carboxylic acids is 1. The van der Waals surface area contributed by atoms with Gasteiger partial charge >= 0.3 is 0 Å². The second kappa shape index (κ2) is 6.46. The number of nitrogens with zero attached hydrogens (tertiary/aromatic N) is 2. The lowest BCUT2D eigenvalue weighted by Gasteiger charge is -2.14. The minimum atomic E-state index is -0.308. The zero-order chi connectivity index (χ0) is 17.3. The first-order chi connectivity index (χ1) is 11.5. The molecule has 1 heterocycles. The van der Waals surface area contributed by atoms with E-state index in [1.807, 2.05) is 31.2 Å². The smallest absolute Gasteiger partial charge is 0.292 e. The van der Waals surface area contributed by atoms with Crippen LogP contribution in [-0.2, 0) is 4.84 Å². The molecule has 0 bridgehead atoms. The predicted molar refractivity (Wildman–Crippen MR) is 94.4 cm³/mol. The second-order valence-corrected chi connectivity index (χ2v) is 6.36. The summed E-state index contributed by atoms with van der Waals surface area (Å²) in [6.07, 6.45) is 0. The number of thiazole rings is 1. The summed E-state index contributed by atoms with van der Waals surface area (Å²) in [5.74, 6) is 0.554. The first-order valence-corrected chi connectivity index (χ1v) is 8.07. The number of aryl methyl sites for hydroxylation is 1. The molecule has 2 N–H and O–H groups in total. The fourth-order valence-corrected chi connectivity index (χ4v) is 3.14. The number of hydrogen-bond acceptors (Lipinski definition) is 6. The van der Waals surface area contributed by atoms with Crippen molar-refractivity contribution in [1.82, 2.24) is 10.0 Å². The van der Waals surface area contributed by atoms with E-state index in [1.165, 1.54) is 18.4 Å². The number of nitrogens with two attached hydrogens (primary N) is 1. The Morgan fingerprint density at radius 3 is 2.62 bits per heavy atom. The van der Waals surface area contributed by atoms with E-state index >= 15 is 0 Å². The van der Waals surface area contributed by atoms with Gasteiger partial charge in [-0.25, -0.2) is 10.0 Å². The van der Waals surface area contributed by atoms with Crippen LogP contribution in [0.15, 0.2) is 36.4 Å². The quantitative estimate of drug-likeness (QED) is 0.578. The summed E-state index contributed by atoms with van der Waals surface area (Å²) in [6.45, 7) is 1.82. The normalized spacial score (nSPS) is 10.8. The number of benzene rings is 2. The summed E-state index contributed by atoms with van der Waals surface area (Å²) in [5, 5.41) is 3.63. The average molecular weight is 343 g/mol. The van der Waals surface area contributed by atoms with Gasteiger partial charge < -0.3 is 10.5 Å². The minimum Gasteiger partial charge on any atom is -0.437 e. The molecule has 124 valence electrons. The minimum absolute atomic E-state index is 0.265. The Balaban J connectivity index is 2.04. The molecule has 6 nitrogen and oxygen atoms in total. The highest BCUT2D eigenvalue weighted by Gasteiger charge is 2.23. The van der Waals surface area contributed by atoms with E-state index in [4.69, 9.17) is 15.3 Å². The lowest BCUT2D eigenvalue weighted by molar-refractivity contribution is -0.0755. The number of fused-ring (bicyclic) bond motifs is 1. The zero-order valence-corrected chi connectivity index (χ0v) is 14.4. The largest absolute Gasteiger partial charge is 0.437 e. The molecule has 0 unspecified atom stereocenters. The van der Waals surface area contributed by atoms with Crippen molar-refractivity contribution < 1.29 is 14.4 Å². The molecule has 2 aromatic carbocycles. The Morgan fingerprint density at radius 1 is 1.21 bits per heavy atom. The van der Waals surface area contributed by atoms with Gasteiger partial charge in [-0.2, -0.15) is 0 Å². The number of ether oxygens (including phenoxy) is 1. The number of aromatic nitrogens is 1. The molecule has 0 spiro atoms. The van der Waals surface area contributed by atoms with Crippen LogP contribution < -0.4 is 10.5 Å². The molecule has 0 radical (unpaired) electrons. The van der Waals surface area contributed by atoms with Crippen molar-refractivity contribution in [2.75, 3.05) is 19.9 Å². The van der Waals surface area contributed by atoms with Gasteiger partial charge in [0.2, 0.25) is 5.88 Å². The topological polar surface area (TPSA) is 77.7 Å². The maximum absolute atomic E-state index is 12.4. The van der Waals surface area contributed by atoms with Crippen LogP contribution in [0.2, 0.25) is 0 Å². The Hall–Kier alpha value is -2.64. The van der Waals surface area contributed by atoms with Crippen LogP contribution in [0.4, 0.5) is 5.69 Å². The van der Waals surface area contributed by atoms with Gasteiger partial charge in [0.1, 0.15) is 5.75 Å². The van der Waals surface area contributed by atoms with Crippen molar-refractivity contribution in [3.8, 4) is 11.6 Å². The molecule has 0 aliphatic carbocycles. The summed E-state index contributed by atoms with van der Waals surface area (Å²) in [6, 6.07) is 11.2. The highest BCUT2D eigenvalue weighted by Crippen LogP contribution is 2.35.